The number of piperidine rings is 3. The third kappa shape index (κ3) is 10.0. The second-order valence-corrected chi connectivity index (χ2v) is 24.3. The monoisotopic (exact) mass is 1070 g/mol. The Morgan fingerprint density at radius 1 is 0.872 bits per heavy atom. The minimum absolute atomic E-state index is 0.0325. The van der Waals surface area contributed by atoms with E-state index in [0.717, 1.165) is 143 Å². The Bertz CT molecular complexity index is 3100. The zero-order valence-electron chi connectivity index (χ0n) is 46.1. The highest BCUT2D eigenvalue weighted by Gasteiger charge is 2.45. The minimum atomic E-state index is -0.465. The smallest absolute Gasteiger partial charge is 0.409 e. The van der Waals surface area contributed by atoms with Crippen molar-refractivity contribution in [2.24, 2.45) is 18.9 Å². The van der Waals surface area contributed by atoms with E-state index >= 15 is 4.39 Å². The molecule has 2 unspecified atom stereocenters. The van der Waals surface area contributed by atoms with Crippen LogP contribution in [0.1, 0.15) is 139 Å². The van der Waals surface area contributed by atoms with E-state index in [0.29, 0.717) is 61.8 Å². The highest BCUT2D eigenvalue weighted by Crippen LogP contribution is 2.47. The number of imide groups is 1. The van der Waals surface area contributed by atoms with Crippen LogP contribution < -0.4 is 19.9 Å². The molecule has 18 heteroatoms. The molecule has 10 heterocycles. The molecule has 0 bridgehead atoms. The fourth-order valence-electron chi connectivity index (χ4n) is 14.9. The number of methoxy groups -OCH3 is 1. The Labute approximate surface area is 456 Å². The number of nitrogens with zero attached hydrogens (tertiary/aromatic N) is 9. The lowest BCUT2D eigenvalue weighted by molar-refractivity contribution is -0.134. The van der Waals surface area contributed by atoms with Crippen LogP contribution in [0.25, 0.3) is 33.1 Å². The van der Waals surface area contributed by atoms with Gasteiger partial charge in [0.1, 0.15) is 29.4 Å². The van der Waals surface area contributed by atoms with E-state index in [1.54, 1.807) is 6.07 Å². The second kappa shape index (κ2) is 21.5. The van der Waals surface area contributed by atoms with Gasteiger partial charge in [-0.3, -0.25) is 24.5 Å². The van der Waals surface area contributed by atoms with Gasteiger partial charge in [-0.05, 0) is 175 Å². The average Bonchev–Trinajstić information content (AvgIpc) is 4.18. The number of carbonyl (C=O) groups excluding carboxylic acids is 3. The fraction of sp³-hybridized carbons (Fsp3) is 0.617. The Morgan fingerprint density at radius 3 is 2.40 bits per heavy atom. The second-order valence-electron chi connectivity index (χ2n) is 24.3. The number of aryl methyl sites for hydroxylation is 3. The van der Waals surface area contributed by atoms with Crippen molar-refractivity contribution in [2.45, 2.75) is 146 Å². The number of phenols is 1. The first-order valence-electron chi connectivity index (χ1n) is 29.1. The molecule has 3 amide bonds. The number of nitrogens with one attached hydrogen (secondary N) is 1. The molecular weight excluding hydrogens is 992 g/mol. The maximum Gasteiger partial charge on any atom is 0.409 e. The fourth-order valence-corrected chi connectivity index (χ4v) is 14.9. The molecule has 8 aliphatic rings. The molecule has 0 saturated carbocycles. The quantitative estimate of drug-likeness (QED) is 0.141. The molecule has 0 spiro atoms. The highest BCUT2D eigenvalue weighted by molar-refractivity contribution is 6.03. The van der Waals surface area contributed by atoms with Crippen LogP contribution in [0.5, 0.6) is 11.8 Å². The molecular formula is C60H77FN10O7. The van der Waals surface area contributed by atoms with E-state index in [2.05, 4.69) is 57.2 Å². The molecule has 5 aromatic rings. The van der Waals surface area contributed by atoms with E-state index < -0.39 is 5.82 Å². The van der Waals surface area contributed by atoms with Crippen molar-refractivity contribution in [2.75, 3.05) is 82.5 Å². The first-order valence-corrected chi connectivity index (χ1v) is 29.1. The molecule has 17 nitrogen and oxygen atoms in total. The largest absolute Gasteiger partial charge is 0.508 e. The van der Waals surface area contributed by atoms with Gasteiger partial charge in [0.25, 0.3) is 0 Å². The molecule has 6 saturated heterocycles. The Balaban J connectivity index is 0.000000160. The number of ether oxygens (including phenoxy) is 3. The SMILES string of the molecule is CC1(C)CCCc2cc(O)cc(-c3nc4c5c(nc(OCC67CCCN6CCC7)nc5c3F)N3CCCOCC3CC4)c21.COC(=O)N1CCC(CC2CCN(c3ccc4c(C5CCC(=O)NC5=O)nn(C)c4c3)CC2)CC1. The molecule has 1 aliphatic carbocycles. The number of phenolic OH excluding ortho intramolecular Hbond substituents is 1. The van der Waals surface area contributed by atoms with Gasteiger partial charge in [-0.15, -0.1) is 0 Å². The van der Waals surface area contributed by atoms with Crippen LogP contribution in [-0.2, 0) is 44.4 Å². The molecule has 0 radical (unpaired) electrons. The van der Waals surface area contributed by atoms with Gasteiger partial charge in [-0.1, -0.05) is 13.8 Å². The maximum absolute atomic E-state index is 17.1. The summed E-state index contributed by atoms with van der Waals surface area (Å²) in [6.07, 6.45) is 16.3. The van der Waals surface area contributed by atoms with Gasteiger partial charge in [0.05, 0.1) is 53.5 Å². The summed E-state index contributed by atoms with van der Waals surface area (Å²) in [5.74, 6) is 1.00. The summed E-state index contributed by atoms with van der Waals surface area (Å²) in [5.41, 5.74) is 7.01. The van der Waals surface area contributed by atoms with E-state index in [9.17, 15) is 19.5 Å². The Morgan fingerprint density at radius 2 is 1.64 bits per heavy atom. The number of aromatic nitrogens is 5. The van der Waals surface area contributed by atoms with Gasteiger partial charge in [0, 0.05) is 69.4 Å². The summed E-state index contributed by atoms with van der Waals surface area (Å²) in [7, 11) is 3.37. The van der Waals surface area contributed by atoms with Gasteiger partial charge >= 0.3 is 12.1 Å². The lowest BCUT2D eigenvalue weighted by atomic mass is 9.70. The van der Waals surface area contributed by atoms with E-state index in [1.807, 2.05) is 22.7 Å². The molecule has 2 N–H and O–H groups in total. The van der Waals surface area contributed by atoms with E-state index in [4.69, 9.17) is 29.2 Å². The normalized spacial score (nSPS) is 23.5. The van der Waals surface area contributed by atoms with Crippen LogP contribution in [0, 0.1) is 17.7 Å². The van der Waals surface area contributed by atoms with Crippen LogP contribution in [0.4, 0.5) is 20.7 Å². The standard InChI is InChI=1S/C34H42FN5O3.C26H35N5O4/c1-33(2)10-3-7-21-17-23(41)18-24(27(21)33)29-28(35)30-26-25(36-29)9-8-22-19-42-16-6-15-40(22)31(26)38-32(37-30)43-20-34-11-4-13-39(34)14-5-12-34;1-29-22-16-19(3-4-20(22)24(28-29)21-5-6-23(32)27-25(21)33)30-11-7-17(8-12-30)15-18-9-13-31(14-10-18)26(34)35-2/h17-18,22,41H,3-16,19-20H2,1-2H3;3-4,16-18,21H,5-15H2,1-2H3,(H,27,32,33). The number of halogens is 1. The number of hydrogen-bond donors (Lipinski definition) is 2. The lowest BCUT2D eigenvalue weighted by Gasteiger charge is -2.37. The number of pyridine rings is 1. The van der Waals surface area contributed by atoms with Crippen LogP contribution in [-0.4, -0.2) is 142 Å². The Kier molecular flexibility index (Phi) is 14.5. The van der Waals surface area contributed by atoms with Crippen molar-refractivity contribution in [3.05, 3.63) is 58.7 Å². The summed E-state index contributed by atoms with van der Waals surface area (Å²) in [4.78, 5) is 59.6. The summed E-state index contributed by atoms with van der Waals surface area (Å²) in [6.45, 7) is 12.9. The van der Waals surface area contributed by atoms with E-state index in [-0.39, 0.29) is 63.8 Å². The first-order chi connectivity index (χ1) is 37.8. The Hall–Kier alpha value is -6.14. The summed E-state index contributed by atoms with van der Waals surface area (Å²) >= 11 is 0. The van der Waals surface area contributed by atoms with Gasteiger partial charge < -0.3 is 34.0 Å². The predicted molar refractivity (Wildman–Crippen MR) is 296 cm³/mol. The van der Waals surface area contributed by atoms with Crippen LogP contribution in [0.3, 0.4) is 0 Å². The molecule has 416 valence electrons. The van der Waals surface area contributed by atoms with Gasteiger partial charge in [-0.25, -0.2) is 14.2 Å². The van der Waals surface area contributed by atoms with Gasteiger partial charge in [0.15, 0.2) is 5.82 Å². The highest BCUT2D eigenvalue weighted by atomic mass is 19.1. The molecule has 2 aromatic carbocycles. The van der Waals surface area contributed by atoms with Crippen LogP contribution in [0.15, 0.2) is 30.3 Å². The number of fused-ring (bicyclic) bond motifs is 5. The average molecular weight is 1070 g/mol. The lowest BCUT2D eigenvalue weighted by Crippen LogP contribution is -2.43. The molecule has 6 fully saturated rings. The zero-order chi connectivity index (χ0) is 53.9. The number of likely N-dealkylation sites (tertiary alicyclic amines) is 1. The number of carbonyl (C=O) groups is 3. The third-order valence-electron chi connectivity index (χ3n) is 19.0. The van der Waals surface area contributed by atoms with Gasteiger partial charge in [-0.2, -0.15) is 15.1 Å². The van der Waals surface area contributed by atoms with Crippen molar-refractivity contribution < 1.29 is 38.1 Å². The number of rotatable bonds is 8. The summed E-state index contributed by atoms with van der Waals surface area (Å²) in [5, 5.41) is 19.6. The maximum atomic E-state index is 17.1. The number of benzene rings is 2. The van der Waals surface area contributed by atoms with Crippen molar-refractivity contribution in [1.82, 2.24) is 39.8 Å². The summed E-state index contributed by atoms with van der Waals surface area (Å²) in [6, 6.07) is 10.3. The molecule has 2 atom stereocenters. The topological polar surface area (TPSA) is 181 Å². The minimum Gasteiger partial charge on any atom is -0.508 e. The van der Waals surface area contributed by atoms with Crippen molar-refractivity contribution in [1.29, 1.82) is 0 Å². The zero-order valence-corrected chi connectivity index (χ0v) is 46.1. The third-order valence-corrected chi connectivity index (χ3v) is 19.0. The molecule has 13 rings (SSSR count). The van der Waals surface area contributed by atoms with E-state index in [1.165, 1.54) is 44.9 Å². The van der Waals surface area contributed by atoms with Crippen molar-refractivity contribution >= 4 is 51.2 Å². The van der Waals surface area contributed by atoms with Crippen LogP contribution in [0.2, 0.25) is 0 Å². The van der Waals surface area contributed by atoms with Crippen molar-refractivity contribution in [3.63, 3.8) is 0 Å². The predicted octanol–water partition coefficient (Wildman–Crippen LogP) is 8.88. The number of anilines is 2. The van der Waals surface area contributed by atoms with Gasteiger partial charge in [0.2, 0.25) is 11.8 Å². The molecule has 78 heavy (non-hydrogen) atoms. The number of amides is 3. The first kappa shape index (κ1) is 52.6. The molecule has 3 aromatic heterocycles. The van der Waals surface area contributed by atoms with Crippen molar-refractivity contribution in [3.8, 4) is 23.0 Å². The number of hydrogen-bond acceptors (Lipinski definition) is 14. The van der Waals surface area contributed by atoms with Crippen LogP contribution >= 0.6 is 0 Å². The molecule has 7 aliphatic heterocycles. The number of aromatic hydroxyl groups is 1. The summed E-state index contributed by atoms with van der Waals surface area (Å²) < 4.78 is 36.2.